The number of rotatable bonds is 5. The van der Waals surface area contributed by atoms with Crippen LogP contribution in [0.4, 0.5) is 10.2 Å². The maximum absolute atomic E-state index is 14.7. The van der Waals surface area contributed by atoms with Crippen LogP contribution in [0.15, 0.2) is 28.8 Å². The van der Waals surface area contributed by atoms with E-state index in [1.165, 1.54) is 0 Å². The number of nitrogens with two attached hydrogens (primary N) is 1. The monoisotopic (exact) mass is 454 g/mol. The lowest BCUT2D eigenvalue weighted by molar-refractivity contribution is 0.133. The van der Waals surface area contributed by atoms with Crippen molar-refractivity contribution in [2.24, 2.45) is 17.8 Å². The van der Waals surface area contributed by atoms with E-state index in [0.29, 0.717) is 34.6 Å². The summed E-state index contributed by atoms with van der Waals surface area (Å²) in [6, 6.07) is 2.15. The number of aliphatic imine (C=N–C) groups is 1. The highest BCUT2D eigenvalue weighted by atomic mass is 19.1. The number of nitrogens with zero attached hydrogens (tertiary/aromatic N) is 7. The van der Waals surface area contributed by atoms with Gasteiger partial charge < -0.3 is 20.4 Å². The lowest BCUT2D eigenvalue weighted by Gasteiger charge is -2.42. The second-order valence-corrected chi connectivity index (χ2v) is 9.36. The van der Waals surface area contributed by atoms with E-state index in [-0.39, 0.29) is 11.7 Å². The van der Waals surface area contributed by atoms with E-state index in [1.54, 1.807) is 30.1 Å². The van der Waals surface area contributed by atoms with Gasteiger partial charge in [-0.25, -0.2) is 14.4 Å². The van der Waals surface area contributed by atoms with E-state index in [1.807, 2.05) is 7.05 Å². The van der Waals surface area contributed by atoms with E-state index >= 15 is 0 Å². The molecule has 10 nitrogen and oxygen atoms in total. The van der Waals surface area contributed by atoms with Gasteiger partial charge in [0.15, 0.2) is 5.82 Å². The quantitative estimate of drug-likeness (QED) is 0.618. The Morgan fingerprint density at radius 1 is 1.27 bits per heavy atom. The van der Waals surface area contributed by atoms with Crippen molar-refractivity contribution in [2.45, 2.75) is 44.4 Å². The van der Waals surface area contributed by atoms with Crippen LogP contribution in [0.5, 0.6) is 0 Å². The summed E-state index contributed by atoms with van der Waals surface area (Å²) in [6.07, 6.45) is 5.54. The number of likely N-dealkylation sites (N-methyl/N-ethyl adjacent to an activating group) is 1. The molecule has 0 aromatic carbocycles. The van der Waals surface area contributed by atoms with Crippen molar-refractivity contribution in [3.8, 4) is 0 Å². The number of aromatic nitrogens is 4. The molecule has 2 unspecified atom stereocenters. The van der Waals surface area contributed by atoms with Gasteiger partial charge in [0.25, 0.3) is 0 Å². The molecule has 5 rings (SSSR count). The fourth-order valence-electron chi connectivity index (χ4n) is 4.35. The van der Waals surface area contributed by atoms with Crippen molar-refractivity contribution < 1.29 is 4.39 Å². The molecule has 4 N–H and O–H groups in total. The first kappa shape index (κ1) is 21.8. The molecule has 0 spiro atoms. The zero-order valence-electron chi connectivity index (χ0n) is 19.5. The predicted octanol–water partition coefficient (Wildman–Crippen LogP) is 1.20. The minimum Gasteiger partial charge on any atom is -0.365 e. The molecular formula is C22H31FN10. The highest BCUT2D eigenvalue weighted by Gasteiger charge is 2.37. The molecule has 4 heterocycles. The van der Waals surface area contributed by atoms with E-state index < -0.39 is 5.79 Å². The maximum Gasteiger partial charge on any atom is 0.227 e. The third kappa shape index (κ3) is 4.18. The number of allylic oxidation sites excluding steroid dienone is 1. The average Bonchev–Trinajstić information content (AvgIpc) is 3.54. The van der Waals surface area contributed by atoms with E-state index in [9.17, 15) is 4.39 Å². The Bertz CT molecular complexity index is 1120. The highest BCUT2D eigenvalue weighted by Crippen LogP contribution is 2.42. The molecule has 1 saturated carbocycles. The summed E-state index contributed by atoms with van der Waals surface area (Å²) >= 11 is 0. The Kier molecular flexibility index (Phi) is 5.32. The largest absolute Gasteiger partial charge is 0.365 e. The summed E-state index contributed by atoms with van der Waals surface area (Å²) in [7, 11) is 3.94. The Hall–Kier alpha value is -3.05. The number of anilines is 1. The third-order valence-corrected chi connectivity index (χ3v) is 6.68. The average molecular weight is 455 g/mol. The minimum absolute atomic E-state index is 0.233. The predicted molar refractivity (Wildman–Crippen MR) is 124 cm³/mol. The van der Waals surface area contributed by atoms with E-state index in [2.05, 4.69) is 54.7 Å². The van der Waals surface area contributed by atoms with Crippen molar-refractivity contribution in [3.63, 3.8) is 0 Å². The summed E-state index contributed by atoms with van der Waals surface area (Å²) in [4.78, 5) is 13.8. The molecule has 1 saturated heterocycles. The number of hydrogen-bond donors (Lipinski definition) is 3. The zero-order valence-corrected chi connectivity index (χ0v) is 19.5. The molecule has 176 valence electrons. The Morgan fingerprint density at radius 3 is 2.73 bits per heavy atom. The summed E-state index contributed by atoms with van der Waals surface area (Å²) in [5, 5.41) is 14.8. The molecule has 0 radical (unpaired) electrons. The Balaban J connectivity index is 1.50. The smallest absolute Gasteiger partial charge is 0.227 e. The zero-order chi connectivity index (χ0) is 23.3. The molecule has 11 heteroatoms. The third-order valence-electron chi connectivity index (χ3n) is 6.68. The standard InChI is InChI=1S/C22H31FN10/c1-13-11-33(8-7-31(13)3)17-10-25-22(24,28-21(17)27-19-12-32(4)30-29-19)18-9-16(15-5-6-15)20(23)14(2)26-18/h9-10,12-13,15,27-28H,5-8,11,24H2,1-4H3. The van der Waals surface area contributed by atoms with Crippen LogP contribution in [0.3, 0.4) is 0 Å². The second kappa shape index (κ2) is 8.07. The highest BCUT2D eigenvalue weighted by molar-refractivity contribution is 5.81. The van der Waals surface area contributed by atoms with E-state index in [4.69, 9.17) is 5.73 Å². The van der Waals surface area contributed by atoms with Gasteiger partial charge in [0, 0.05) is 32.7 Å². The lowest BCUT2D eigenvalue weighted by Crippen LogP contribution is -2.56. The molecule has 0 bridgehead atoms. The number of nitrogens with one attached hydrogen (secondary N) is 2. The number of piperazine rings is 1. The van der Waals surface area contributed by atoms with Crippen LogP contribution in [0.2, 0.25) is 0 Å². The molecule has 2 aromatic heterocycles. The molecule has 2 aliphatic heterocycles. The van der Waals surface area contributed by atoms with Crippen molar-refractivity contribution in [1.29, 1.82) is 0 Å². The summed E-state index contributed by atoms with van der Waals surface area (Å²) in [5.41, 5.74) is 9.13. The fraction of sp³-hybridized carbons (Fsp3) is 0.545. The van der Waals surface area contributed by atoms with Crippen LogP contribution in [0.25, 0.3) is 0 Å². The van der Waals surface area contributed by atoms with Gasteiger partial charge in [0.05, 0.1) is 23.8 Å². The number of hydrogen-bond acceptors (Lipinski definition) is 9. The first-order valence-electron chi connectivity index (χ1n) is 11.4. The first-order chi connectivity index (χ1) is 15.7. The SMILES string of the molecule is Cc1nc(C2(N)N=CC(N3CCN(C)C(C)C3)=C(Nc3cn(C)nn3)N2)cc(C2CC2)c1F. The molecule has 0 amide bonds. The topological polar surface area (TPSA) is 113 Å². The first-order valence-corrected chi connectivity index (χ1v) is 11.4. The van der Waals surface area contributed by atoms with Gasteiger partial charge in [-0.1, -0.05) is 5.21 Å². The summed E-state index contributed by atoms with van der Waals surface area (Å²) < 4.78 is 16.3. The second-order valence-electron chi connectivity index (χ2n) is 9.36. The maximum atomic E-state index is 14.7. The molecule has 2 fully saturated rings. The van der Waals surface area contributed by atoms with Gasteiger partial charge in [-0.05, 0) is 51.3 Å². The summed E-state index contributed by atoms with van der Waals surface area (Å²) in [5.74, 6) is -0.100. The van der Waals surface area contributed by atoms with Crippen molar-refractivity contribution in [1.82, 2.24) is 35.1 Å². The molecular weight excluding hydrogens is 423 g/mol. The Morgan fingerprint density at radius 2 is 2.06 bits per heavy atom. The van der Waals surface area contributed by atoms with Gasteiger partial charge in [-0.15, -0.1) is 5.10 Å². The van der Waals surface area contributed by atoms with Crippen molar-refractivity contribution in [2.75, 3.05) is 32.0 Å². The van der Waals surface area contributed by atoms with Crippen LogP contribution in [-0.4, -0.2) is 68.7 Å². The molecule has 33 heavy (non-hydrogen) atoms. The fourth-order valence-corrected chi connectivity index (χ4v) is 4.35. The van der Waals surface area contributed by atoms with Crippen molar-refractivity contribution in [3.05, 3.63) is 46.5 Å². The molecule has 2 aromatic rings. The lowest BCUT2D eigenvalue weighted by atomic mass is 10.0. The number of aryl methyl sites for hydroxylation is 2. The van der Waals surface area contributed by atoms with Crippen LogP contribution < -0.4 is 16.4 Å². The number of halogens is 1. The van der Waals surface area contributed by atoms with Crippen LogP contribution in [0.1, 0.15) is 42.6 Å². The van der Waals surface area contributed by atoms with Gasteiger partial charge in [-0.2, -0.15) is 0 Å². The van der Waals surface area contributed by atoms with Gasteiger partial charge in [0.1, 0.15) is 17.3 Å². The summed E-state index contributed by atoms with van der Waals surface area (Å²) in [6.45, 7) is 6.52. The molecule has 2 atom stereocenters. The Labute approximate surface area is 192 Å². The molecule has 1 aliphatic carbocycles. The van der Waals surface area contributed by atoms with Gasteiger partial charge >= 0.3 is 0 Å². The normalized spacial score (nSPS) is 26.0. The van der Waals surface area contributed by atoms with Gasteiger partial charge in [0.2, 0.25) is 5.79 Å². The van der Waals surface area contributed by atoms with Gasteiger partial charge in [-0.3, -0.25) is 10.4 Å². The minimum atomic E-state index is -1.34. The van der Waals surface area contributed by atoms with E-state index in [0.717, 1.165) is 38.2 Å². The van der Waals surface area contributed by atoms with Crippen LogP contribution >= 0.6 is 0 Å². The molecule has 3 aliphatic rings. The van der Waals surface area contributed by atoms with Crippen molar-refractivity contribution >= 4 is 12.0 Å². The number of pyridine rings is 1. The van der Waals surface area contributed by atoms with Crippen LogP contribution in [0, 0.1) is 12.7 Å². The van der Waals surface area contributed by atoms with Crippen LogP contribution in [-0.2, 0) is 12.8 Å².